The number of carbonyl (C=O) groups excluding carboxylic acids is 4. The van der Waals surface area contributed by atoms with E-state index < -0.39 is 23.9 Å². The molecule has 12 heteroatoms. The predicted molar refractivity (Wildman–Crippen MR) is 105 cm³/mol. The topological polar surface area (TPSA) is 142 Å². The highest BCUT2D eigenvalue weighted by Gasteiger charge is 2.34. The first-order valence-corrected chi connectivity index (χ1v) is 9.00. The molecule has 2 N–H and O–H groups in total. The van der Waals surface area contributed by atoms with E-state index >= 15 is 0 Å². The molecule has 0 bridgehead atoms. The number of nitrogens with one attached hydrogen (secondary N) is 2. The number of methoxy groups -OCH3 is 3. The minimum atomic E-state index is -0.882. The normalized spacial score (nSPS) is 13.3. The lowest BCUT2D eigenvalue weighted by Gasteiger charge is -2.32. The minimum Gasteiger partial charge on any atom is -0.466 e. The molecule has 1 aliphatic rings. The first kappa shape index (κ1) is 23.6. The van der Waals surface area contributed by atoms with Crippen LogP contribution in [0.2, 0.25) is 0 Å². The molecule has 0 unspecified atom stereocenters. The highest BCUT2D eigenvalue weighted by Crippen LogP contribution is 2.29. The summed E-state index contributed by atoms with van der Waals surface area (Å²) in [6, 6.07) is 6.21. The van der Waals surface area contributed by atoms with Crippen molar-refractivity contribution in [3.05, 3.63) is 41.1 Å². The molecule has 2 amide bonds. The molecule has 0 aromatic heterocycles. The van der Waals surface area contributed by atoms with Crippen molar-refractivity contribution in [2.24, 2.45) is 0 Å². The molecule has 0 radical (unpaired) electrons. The number of amides is 2. The number of ether oxygens (including phenoxy) is 5. The third-order valence-electron chi connectivity index (χ3n) is 4.07. The molecule has 12 nitrogen and oxygen atoms in total. The van der Waals surface area contributed by atoms with Crippen molar-refractivity contribution in [3.8, 4) is 0 Å². The van der Waals surface area contributed by atoms with Crippen LogP contribution in [0.5, 0.6) is 0 Å². The van der Waals surface area contributed by atoms with Crippen LogP contribution >= 0.6 is 0 Å². The van der Waals surface area contributed by atoms with Gasteiger partial charge in [0.25, 0.3) is 5.91 Å². The van der Waals surface area contributed by atoms with E-state index in [1.807, 2.05) is 0 Å². The van der Waals surface area contributed by atoms with Crippen molar-refractivity contribution in [2.75, 3.05) is 52.8 Å². The maximum atomic E-state index is 12.7. The van der Waals surface area contributed by atoms with Crippen molar-refractivity contribution in [2.45, 2.75) is 0 Å². The average molecular weight is 437 g/mol. The van der Waals surface area contributed by atoms with Gasteiger partial charge in [-0.3, -0.25) is 10.2 Å². The van der Waals surface area contributed by atoms with Gasteiger partial charge in [0.1, 0.15) is 19.0 Å². The molecule has 1 heterocycles. The lowest BCUT2D eigenvalue weighted by atomic mass is 10.1. The van der Waals surface area contributed by atoms with Crippen LogP contribution in [0.3, 0.4) is 0 Å². The van der Waals surface area contributed by atoms with Crippen molar-refractivity contribution in [1.82, 2.24) is 10.9 Å². The molecule has 0 aliphatic carbocycles. The van der Waals surface area contributed by atoms with Crippen LogP contribution in [-0.4, -0.2) is 71.8 Å². The number of anilines is 1. The zero-order chi connectivity index (χ0) is 22.8. The zero-order valence-electron chi connectivity index (χ0n) is 17.3. The molecule has 1 aromatic rings. The molecule has 2 rings (SSSR count). The number of hydrogen-bond donors (Lipinski definition) is 2. The van der Waals surface area contributed by atoms with E-state index in [9.17, 15) is 19.2 Å². The lowest BCUT2D eigenvalue weighted by Crippen LogP contribution is -2.43. The fourth-order valence-corrected chi connectivity index (χ4v) is 2.66. The Morgan fingerprint density at radius 3 is 2.39 bits per heavy atom. The van der Waals surface area contributed by atoms with Gasteiger partial charge in [-0.1, -0.05) is 12.1 Å². The number of hydrogen-bond acceptors (Lipinski definition) is 10. The molecule has 0 fully saturated rings. The third kappa shape index (κ3) is 5.93. The van der Waals surface area contributed by atoms with Gasteiger partial charge in [-0.15, -0.1) is 0 Å². The van der Waals surface area contributed by atoms with Crippen LogP contribution in [0.25, 0.3) is 0 Å². The number of para-hydroxylation sites is 1. The average Bonchev–Trinajstić information content (AvgIpc) is 2.81. The molecular formula is C19H23N3O9. The van der Waals surface area contributed by atoms with Crippen LogP contribution < -0.4 is 15.8 Å². The summed E-state index contributed by atoms with van der Waals surface area (Å²) in [5.41, 5.74) is 4.45. The van der Waals surface area contributed by atoms with Crippen LogP contribution in [0, 0.1) is 0 Å². The van der Waals surface area contributed by atoms with Gasteiger partial charge < -0.3 is 28.6 Å². The Hall–Kier alpha value is -3.64. The smallest absolute Gasteiger partial charge is 0.426 e. The first-order valence-electron chi connectivity index (χ1n) is 9.00. The van der Waals surface area contributed by atoms with E-state index in [0.717, 1.165) is 7.11 Å². The van der Waals surface area contributed by atoms with Crippen molar-refractivity contribution >= 4 is 29.6 Å². The van der Waals surface area contributed by atoms with Crippen LogP contribution in [0.4, 0.5) is 10.5 Å². The third-order valence-corrected chi connectivity index (χ3v) is 4.07. The quantitative estimate of drug-likeness (QED) is 0.261. The van der Waals surface area contributed by atoms with E-state index in [1.54, 1.807) is 18.2 Å². The summed E-state index contributed by atoms with van der Waals surface area (Å²) >= 11 is 0. The van der Waals surface area contributed by atoms with E-state index in [1.165, 1.54) is 25.2 Å². The molecule has 0 saturated carbocycles. The summed E-state index contributed by atoms with van der Waals surface area (Å²) in [4.78, 5) is 50.2. The second kappa shape index (κ2) is 11.5. The monoisotopic (exact) mass is 437 g/mol. The second-order valence-corrected chi connectivity index (χ2v) is 5.94. The summed E-state index contributed by atoms with van der Waals surface area (Å²) in [6.07, 6.45) is -0.882. The number of rotatable bonds is 7. The summed E-state index contributed by atoms with van der Waals surface area (Å²) in [6.45, 7) is -0.105. The van der Waals surface area contributed by atoms with Gasteiger partial charge in [0, 0.05) is 7.11 Å². The molecule has 1 aromatic carbocycles. The lowest BCUT2D eigenvalue weighted by molar-refractivity contribution is -0.140. The number of esters is 2. The van der Waals surface area contributed by atoms with Gasteiger partial charge in [-0.2, -0.15) is 0 Å². The maximum Gasteiger partial charge on any atom is 0.426 e. The number of hydrazine groups is 1. The Morgan fingerprint density at radius 2 is 1.71 bits per heavy atom. The molecule has 0 spiro atoms. The fraction of sp³-hybridized carbons (Fsp3) is 0.368. The maximum absolute atomic E-state index is 12.7. The minimum absolute atomic E-state index is 0.00347. The van der Waals surface area contributed by atoms with Gasteiger partial charge in [0.05, 0.1) is 44.3 Å². The second-order valence-electron chi connectivity index (χ2n) is 5.94. The Balaban J connectivity index is 2.30. The Bertz CT molecular complexity index is 869. The van der Waals surface area contributed by atoms with Crippen LogP contribution in [0.15, 0.2) is 35.5 Å². The van der Waals surface area contributed by atoms with Crippen LogP contribution in [0.1, 0.15) is 10.4 Å². The molecule has 31 heavy (non-hydrogen) atoms. The number of carbonyl (C=O) groups is 4. The van der Waals surface area contributed by atoms with Gasteiger partial charge >= 0.3 is 18.0 Å². The van der Waals surface area contributed by atoms with Crippen molar-refractivity contribution in [3.63, 3.8) is 0 Å². The molecule has 0 atom stereocenters. The molecule has 168 valence electrons. The summed E-state index contributed by atoms with van der Waals surface area (Å²) in [5.74, 6) is -2.28. The highest BCUT2D eigenvalue weighted by atomic mass is 16.6. The number of benzene rings is 1. The molecular weight excluding hydrogens is 414 g/mol. The van der Waals surface area contributed by atoms with Gasteiger partial charge in [0.2, 0.25) is 0 Å². The van der Waals surface area contributed by atoms with Gasteiger partial charge in [0.15, 0.2) is 0 Å². The largest absolute Gasteiger partial charge is 0.466 e. The zero-order valence-corrected chi connectivity index (χ0v) is 17.3. The Kier molecular flexibility index (Phi) is 8.78. The summed E-state index contributed by atoms with van der Waals surface area (Å²) in [5, 5.41) is 0. The standard InChI is InChI=1S/C19H23N3O9/c1-27-8-9-31-19(26)21-20-16(23)12-6-4-5-7-14(12)22-11-30-10-13(17(24)28-2)15(22)18(25)29-3/h4-7H,8-11H2,1-3H3,(H,20,23)(H,21,26). The predicted octanol–water partition coefficient (Wildman–Crippen LogP) is 0.0982. The van der Waals surface area contributed by atoms with Crippen LogP contribution in [-0.2, 0) is 33.3 Å². The van der Waals surface area contributed by atoms with E-state index in [2.05, 4.69) is 10.9 Å². The summed E-state index contributed by atoms with van der Waals surface area (Å²) < 4.78 is 24.5. The van der Waals surface area contributed by atoms with E-state index in [4.69, 9.17) is 23.7 Å². The highest BCUT2D eigenvalue weighted by molar-refractivity contribution is 6.06. The van der Waals surface area contributed by atoms with Gasteiger partial charge in [-0.25, -0.2) is 19.8 Å². The molecule has 0 saturated heterocycles. The van der Waals surface area contributed by atoms with E-state index in [0.29, 0.717) is 0 Å². The number of nitrogens with zero attached hydrogens (tertiary/aromatic N) is 1. The first-order chi connectivity index (χ1) is 14.9. The Morgan fingerprint density at radius 1 is 1.00 bits per heavy atom. The van der Waals surface area contributed by atoms with Crippen molar-refractivity contribution < 1.29 is 42.9 Å². The Labute approximate surface area is 178 Å². The summed E-state index contributed by atoms with van der Waals surface area (Å²) in [7, 11) is 3.78. The van der Waals surface area contributed by atoms with E-state index in [-0.39, 0.29) is 49.1 Å². The van der Waals surface area contributed by atoms with Gasteiger partial charge in [-0.05, 0) is 12.1 Å². The molecule has 1 aliphatic heterocycles. The SMILES string of the molecule is COCCOC(=O)NNC(=O)c1ccccc1N1COCC(C(=O)OC)=C1C(=O)OC. The fourth-order valence-electron chi connectivity index (χ4n) is 2.66. The van der Waals surface area contributed by atoms with Crippen molar-refractivity contribution in [1.29, 1.82) is 0 Å².